The lowest BCUT2D eigenvalue weighted by Crippen LogP contribution is -2.15. The van der Waals surface area contributed by atoms with Gasteiger partial charge in [-0.2, -0.15) is 0 Å². The van der Waals surface area contributed by atoms with Crippen LogP contribution in [0, 0.1) is 5.82 Å². The van der Waals surface area contributed by atoms with Crippen molar-refractivity contribution in [1.29, 1.82) is 0 Å². The average molecular weight is 457 g/mol. The molecule has 0 saturated carbocycles. The number of benzene rings is 3. The van der Waals surface area contributed by atoms with Gasteiger partial charge in [-0.15, -0.1) is 11.8 Å². The van der Waals surface area contributed by atoms with Crippen molar-refractivity contribution in [3.05, 3.63) is 82.1 Å². The molecule has 0 bridgehead atoms. The third-order valence-corrected chi connectivity index (χ3v) is 6.79. The first-order valence-corrected chi connectivity index (χ1v) is 11.2. The zero-order valence-electron chi connectivity index (χ0n) is 14.3. The third-order valence-electron chi connectivity index (χ3n) is 3.74. The summed E-state index contributed by atoms with van der Waals surface area (Å²) in [6.45, 7) is 0. The van der Waals surface area contributed by atoms with Crippen LogP contribution in [0.5, 0.6) is 0 Å². The van der Waals surface area contributed by atoms with Gasteiger partial charge in [-0.25, -0.2) is 12.8 Å². The minimum absolute atomic E-state index is 0.251. The van der Waals surface area contributed by atoms with Crippen molar-refractivity contribution in [3.8, 4) is 0 Å². The number of nitrogen functional groups attached to an aromatic ring is 1. The standard InChI is InChI=1S/C19H15Cl2FN2O2S2/c20-13-7-8-17(27-11-12-3-1-4-14(23)9-12)16(10-13)24-28(25,26)18-6-2-5-15(21)19(18)22/h1-10,24H,11,23H2. The summed E-state index contributed by atoms with van der Waals surface area (Å²) < 4.78 is 42.0. The van der Waals surface area contributed by atoms with Gasteiger partial charge in [-0.05, 0) is 48.0 Å². The van der Waals surface area contributed by atoms with E-state index in [4.69, 9.17) is 28.9 Å². The molecule has 0 saturated heterocycles. The van der Waals surface area contributed by atoms with Crippen LogP contribution in [-0.2, 0) is 15.8 Å². The highest BCUT2D eigenvalue weighted by Gasteiger charge is 2.22. The summed E-state index contributed by atoms with van der Waals surface area (Å²) in [7, 11) is -4.20. The summed E-state index contributed by atoms with van der Waals surface area (Å²) >= 11 is 13.1. The Morgan fingerprint density at radius 2 is 1.79 bits per heavy atom. The van der Waals surface area contributed by atoms with Crippen molar-refractivity contribution in [1.82, 2.24) is 0 Å². The minimum Gasteiger partial charge on any atom is -0.399 e. The Hall–Kier alpha value is -1.93. The molecule has 0 unspecified atom stereocenters. The first kappa shape index (κ1) is 20.8. The molecule has 0 aliphatic rings. The van der Waals surface area contributed by atoms with Crippen molar-refractivity contribution in [2.45, 2.75) is 15.5 Å². The Morgan fingerprint density at radius 3 is 2.54 bits per heavy atom. The van der Waals surface area contributed by atoms with Gasteiger partial charge in [0, 0.05) is 21.4 Å². The fourth-order valence-corrected chi connectivity index (χ4v) is 5.01. The lowest BCUT2D eigenvalue weighted by Gasteiger charge is -2.14. The monoisotopic (exact) mass is 456 g/mol. The fourth-order valence-electron chi connectivity index (χ4n) is 2.44. The normalized spacial score (nSPS) is 11.4. The predicted molar refractivity (Wildman–Crippen MR) is 114 cm³/mol. The molecule has 0 heterocycles. The van der Waals surface area contributed by atoms with Crippen LogP contribution in [0.3, 0.4) is 0 Å². The predicted octanol–water partition coefficient (Wildman–Crippen LogP) is 5.81. The largest absolute Gasteiger partial charge is 0.399 e. The highest BCUT2D eigenvalue weighted by Crippen LogP contribution is 2.34. The first-order valence-electron chi connectivity index (χ1n) is 8.00. The second kappa shape index (κ2) is 8.61. The SMILES string of the molecule is Nc1cccc(CSc2ccc(Cl)cc2NS(=O)(=O)c2cccc(Cl)c2F)c1. The van der Waals surface area contributed by atoms with Gasteiger partial charge in [0.2, 0.25) is 0 Å². The molecule has 146 valence electrons. The summed E-state index contributed by atoms with van der Waals surface area (Å²) in [4.78, 5) is 0.101. The molecule has 0 spiro atoms. The summed E-state index contributed by atoms with van der Waals surface area (Å²) in [6.07, 6.45) is 0. The molecular weight excluding hydrogens is 442 g/mol. The lowest BCUT2D eigenvalue weighted by molar-refractivity contribution is 0.570. The minimum atomic E-state index is -4.20. The molecular formula is C19H15Cl2FN2O2S2. The number of rotatable bonds is 6. The summed E-state index contributed by atoms with van der Waals surface area (Å²) in [5, 5.41) is 0.0720. The number of halogens is 3. The lowest BCUT2D eigenvalue weighted by atomic mass is 10.2. The molecule has 3 aromatic rings. The van der Waals surface area contributed by atoms with Crippen LogP contribution in [0.2, 0.25) is 10.0 Å². The van der Waals surface area contributed by atoms with E-state index >= 15 is 0 Å². The molecule has 0 amide bonds. The smallest absolute Gasteiger partial charge is 0.264 e. The molecule has 0 atom stereocenters. The summed E-state index contributed by atoms with van der Waals surface area (Å²) in [6, 6.07) is 16.0. The van der Waals surface area contributed by atoms with Gasteiger partial charge < -0.3 is 5.73 Å². The molecule has 3 aromatic carbocycles. The Labute approximate surface area is 176 Å². The van der Waals surface area contributed by atoms with E-state index in [1.807, 2.05) is 18.2 Å². The van der Waals surface area contributed by atoms with Crippen LogP contribution < -0.4 is 10.5 Å². The van der Waals surface area contributed by atoms with E-state index < -0.39 is 20.7 Å². The Balaban J connectivity index is 1.89. The maximum atomic E-state index is 14.2. The molecule has 4 nitrogen and oxygen atoms in total. The second-order valence-corrected chi connectivity index (χ2v) is 9.34. The molecule has 0 aliphatic carbocycles. The van der Waals surface area contributed by atoms with E-state index in [1.54, 1.807) is 18.2 Å². The Kier molecular flexibility index (Phi) is 6.40. The zero-order chi connectivity index (χ0) is 20.3. The summed E-state index contributed by atoms with van der Waals surface area (Å²) in [5.41, 5.74) is 7.66. The number of hydrogen-bond donors (Lipinski definition) is 2. The maximum Gasteiger partial charge on any atom is 0.264 e. The van der Waals surface area contributed by atoms with Crippen molar-refractivity contribution in [2.75, 3.05) is 10.5 Å². The number of nitrogens with one attached hydrogen (secondary N) is 1. The van der Waals surface area contributed by atoms with Gasteiger partial charge in [-0.1, -0.05) is 41.4 Å². The number of hydrogen-bond acceptors (Lipinski definition) is 4. The highest BCUT2D eigenvalue weighted by molar-refractivity contribution is 7.98. The Morgan fingerprint density at radius 1 is 1.04 bits per heavy atom. The topological polar surface area (TPSA) is 72.2 Å². The van der Waals surface area contributed by atoms with Crippen LogP contribution in [0.25, 0.3) is 0 Å². The van der Waals surface area contributed by atoms with E-state index in [0.29, 0.717) is 21.4 Å². The van der Waals surface area contributed by atoms with Gasteiger partial charge in [0.05, 0.1) is 10.7 Å². The molecule has 0 aliphatic heterocycles. The van der Waals surface area contributed by atoms with Crippen LogP contribution >= 0.6 is 35.0 Å². The van der Waals surface area contributed by atoms with Gasteiger partial charge in [0.1, 0.15) is 4.90 Å². The van der Waals surface area contributed by atoms with Crippen LogP contribution in [0.15, 0.2) is 70.5 Å². The maximum absolute atomic E-state index is 14.2. The zero-order valence-corrected chi connectivity index (χ0v) is 17.5. The quantitative estimate of drug-likeness (QED) is 0.362. The third kappa shape index (κ3) is 4.91. The van der Waals surface area contributed by atoms with Gasteiger partial charge >= 0.3 is 0 Å². The van der Waals surface area contributed by atoms with Crippen molar-refractivity contribution in [3.63, 3.8) is 0 Å². The molecule has 0 fully saturated rings. The molecule has 0 radical (unpaired) electrons. The van der Waals surface area contributed by atoms with E-state index in [-0.39, 0.29) is 10.7 Å². The number of sulfonamides is 1. The van der Waals surface area contributed by atoms with E-state index in [1.165, 1.54) is 30.0 Å². The van der Waals surface area contributed by atoms with E-state index in [2.05, 4.69) is 4.72 Å². The molecule has 0 aromatic heterocycles. The first-order chi connectivity index (χ1) is 13.3. The van der Waals surface area contributed by atoms with E-state index in [9.17, 15) is 12.8 Å². The van der Waals surface area contributed by atoms with Gasteiger partial charge in [-0.3, -0.25) is 4.72 Å². The van der Waals surface area contributed by atoms with Crippen molar-refractivity contribution in [2.24, 2.45) is 0 Å². The highest BCUT2D eigenvalue weighted by atomic mass is 35.5. The Bertz CT molecular complexity index is 1120. The summed E-state index contributed by atoms with van der Waals surface area (Å²) in [5.74, 6) is -0.444. The van der Waals surface area contributed by atoms with E-state index in [0.717, 1.165) is 11.6 Å². The van der Waals surface area contributed by atoms with Crippen molar-refractivity contribution >= 4 is 56.4 Å². The van der Waals surface area contributed by atoms with Crippen molar-refractivity contribution < 1.29 is 12.8 Å². The fraction of sp³-hybridized carbons (Fsp3) is 0.0526. The molecule has 3 N–H and O–H groups in total. The van der Waals surface area contributed by atoms with Gasteiger partial charge in [0.25, 0.3) is 10.0 Å². The molecule has 28 heavy (non-hydrogen) atoms. The molecule has 3 rings (SSSR count). The van der Waals surface area contributed by atoms with Crippen LogP contribution in [0.4, 0.5) is 15.8 Å². The average Bonchev–Trinajstić information content (AvgIpc) is 2.63. The number of anilines is 2. The molecule has 9 heteroatoms. The number of nitrogens with two attached hydrogens (primary N) is 1. The number of thioether (sulfide) groups is 1. The second-order valence-electron chi connectivity index (χ2n) is 5.83. The van der Waals surface area contributed by atoms with Crippen LogP contribution in [-0.4, -0.2) is 8.42 Å². The van der Waals surface area contributed by atoms with Gasteiger partial charge in [0.15, 0.2) is 5.82 Å². The van der Waals surface area contributed by atoms with Crippen LogP contribution in [0.1, 0.15) is 5.56 Å².